The van der Waals surface area contributed by atoms with Crippen LogP contribution in [-0.4, -0.2) is 0 Å². The molecule has 0 fully saturated rings. The van der Waals surface area contributed by atoms with E-state index in [-0.39, 0.29) is 5.82 Å². The Kier molecular flexibility index (Phi) is 1.90. The molecule has 0 N–H and O–H groups in total. The number of rotatable bonds is 1. The highest BCUT2D eigenvalue weighted by molar-refractivity contribution is 5.50. The van der Waals surface area contributed by atoms with E-state index < -0.39 is 0 Å². The van der Waals surface area contributed by atoms with Gasteiger partial charge in [0.05, 0.1) is 0 Å². The van der Waals surface area contributed by atoms with Gasteiger partial charge in [0.2, 0.25) is 0 Å². The zero-order valence-electron chi connectivity index (χ0n) is 6.02. The highest BCUT2D eigenvalue weighted by atomic mass is 19.1. The van der Waals surface area contributed by atoms with Crippen LogP contribution >= 0.6 is 0 Å². The van der Waals surface area contributed by atoms with Crippen LogP contribution in [0.2, 0.25) is 0 Å². The lowest BCUT2D eigenvalue weighted by Crippen LogP contribution is -1.71. The Labute approximate surface area is 59.2 Å². The van der Waals surface area contributed by atoms with E-state index >= 15 is 0 Å². The van der Waals surface area contributed by atoms with E-state index in [2.05, 4.69) is 4.42 Å². The van der Waals surface area contributed by atoms with Gasteiger partial charge in [-0.1, -0.05) is 11.6 Å². The van der Waals surface area contributed by atoms with Crippen molar-refractivity contribution in [3.05, 3.63) is 29.5 Å². The summed E-state index contributed by atoms with van der Waals surface area (Å²) >= 11 is 0. The number of allylic oxidation sites excluding steroid dienone is 1. The molecule has 0 atom stereocenters. The van der Waals surface area contributed by atoms with Gasteiger partial charge in [-0.2, -0.15) is 0 Å². The molecule has 10 heavy (non-hydrogen) atoms. The molecule has 0 aromatic carbocycles. The monoisotopic (exact) mass is 140 g/mol. The van der Waals surface area contributed by atoms with Crippen LogP contribution in [0.15, 0.2) is 22.5 Å². The number of hydrogen-bond acceptors (Lipinski definition) is 1. The van der Waals surface area contributed by atoms with Gasteiger partial charge < -0.3 is 4.42 Å². The van der Waals surface area contributed by atoms with E-state index in [0.717, 1.165) is 11.8 Å². The van der Waals surface area contributed by atoms with Crippen LogP contribution in [0, 0.1) is 5.82 Å². The summed E-state index contributed by atoms with van der Waals surface area (Å²) in [7, 11) is 0. The average Bonchev–Trinajstić information content (AvgIpc) is 2.15. The zero-order chi connectivity index (χ0) is 7.56. The fraction of sp³-hybridized carbons (Fsp3) is 0.250. The van der Waals surface area contributed by atoms with E-state index in [1.165, 1.54) is 6.26 Å². The van der Waals surface area contributed by atoms with Gasteiger partial charge in [0.15, 0.2) is 5.82 Å². The Balaban J connectivity index is 2.95. The lowest BCUT2D eigenvalue weighted by molar-refractivity contribution is 0.532. The summed E-state index contributed by atoms with van der Waals surface area (Å²) in [4.78, 5) is 0. The predicted octanol–water partition coefficient (Wildman–Crippen LogP) is 2.84. The molecule has 0 spiro atoms. The molecule has 0 radical (unpaired) electrons. The smallest absolute Gasteiger partial charge is 0.168 e. The van der Waals surface area contributed by atoms with Crippen molar-refractivity contribution in [3.63, 3.8) is 0 Å². The van der Waals surface area contributed by atoms with Crippen LogP contribution in [0.4, 0.5) is 4.39 Å². The lowest BCUT2D eigenvalue weighted by atomic mass is 10.2. The summed E-state index contributed by atoms with van der Waals surface area (Å²) in [5, 5.41) is 0. The molecule has 0 aliphatic heterocycles. The first-order valence-electron chi connectivity index (χ1n) is 3.07. The molecule has 0 saturated heterocycles. The predicted molar refractivity (Wildman–Crippen MR) is 38.0 cm³/mol. The maximum atomic E-state index is 12.6. The lowest BCUT2D eigenvalue weighted by Gasteiger charge is -1.86. The molecule has 1 heterocycles. The highest BCUT2D eigenvalue weighted by Crippen LogP contribution is 2.11. The summed E-state index contributed by atoms with van der Waals surface area (Å²) in [6.07, 6.45) is 4.22. The first-order chi connectivity index (χ1) is 4.70. The largest absolute Gasteiger partial charge is 0.469 e. The molecule has 0 aliphatic carbocycles. The molecule has 1 aromatic heterocycles. The Morgan fingerprint density at radius 2 is 2.20 bits per heavy atom. The van der Waals surface area contributed by atoms with Crippen molar-refractivity contribution in [2.24, 2.45) is 0 Å². The molecular weight excluding hydrogens is 131 g/mol. The summed E-state index contributed by atoms with van der Waals surface area (Å²) < 4.78 is 17.2. The Bertz CT molecular complexity index is 244. The van der Waals surface area contributed by atoms with Crippen LogP contribution < -0.4 is 0 Å². The molecule has 2 heteroatoms. The molecule has 0 amide bonds. The third-order valence-electron chi connectivity index (χ3n) is 1.09. The number of furan rings is 1. The maximum absolute atomic E-state index is 12.6. The van der Waals surface area contributed by atoms with E-state index in [1.54, 1.807) is 6.08 Å². The van der Waals surface area contributed by atoms with Crippen molar-refractivity contribution in [1.29, 1.82) is 0 Å². The Morgan fingerprint density at radius 1 is 1.50 bits per heavy atom. The van der Waals surface area contributed by atoms with Gasteiger partial charge in [-0.05, 0) is 13.8 Å². The number of hydrogen-bond donors (Lipinski definition) is 0. The normalized spacial score (nSPS) is 9.50. The van der Waals surface area contributed by atoms with Crippen LogP contribution in [0.5, 0.6) is 0 Å². The fourth-order valence-electron chi connectivity index (χ4n) is 0.705. The minimum Gasteiger partial charge on any atom is -0.469 e. The standard InChI is InChI=1S/C8H9FO/c1-6(2)3-7-4-10-5-8(7)9/h3-5H,1-2H3. The number of halogens is 1. The molecule has 0 unspecified atom stereocenters. The van der Waals surface area contributed by atoms with E-state index in [1.807, 2.05) is 13.8 Å². The van der Waals surface area contributed by atoms with Crippen molar-refractivity contribution in [2.75, 3.05) is 0 Å². The summed E-state index contributed by atoms with van der Waals surface area (Å²) in [6, 6.07) is 0. The van der Waals surface area contributed by atoms with Gasteiger partial charge in [0.1, 0.15) is 12.5 Å². The summed E-state index contributed by atoms with van der Waals surface area (Å²) in [5.74, 6) is -0.304. The Morgan fingerprint density at radius 3 is 2.60 bits per heavy atom. The van der Waals surface area contributed by atoms with E-state index in [0.29, 0.717) is 5.56 Å². The summed E-state index contributed by atoms with van der Waals surface area (Å²) in [5.41, 5.74) is 1.57. The highest BCUT2D eigenvalue weighted by Gasteiger charge is 1.98. The van der Waals surface area contributed by atoms with Gasteiger partial charge >= 0.3 is 0 Å². The van der Waals surface area contributed by atoms with Crippen molar-refractivity contribution >= 4 is 6.08 Å². The van der Waals surface area contributed by atoms with Crippen molar-refractivity contribution in [3.8, 4) is 0 Å². The quantitative estimate of drug-likeness (QED) is 0.584. The second kappa shape index (κ2) is 2.69. The molecule has 1 aromatic rings. The Hall–Kier alpha value is -1.05. The van der Waals surface area contributed by atoms with Gasteiger partial charge in [0.25, 0.3) is 0 Å². The minimum atomic E-state index is -0.304. The van der Waals surface area contributed by atoms with E-state index in [4.69, 9.17) is 0 Å². The molecule has 54 valence electrons. The van der Waals surface area contributed by atoms with Crippen LogP contribution in [0.1, 0.15) is 19.4 Å². The van der Waals surface area contributed by atoms with Gasteiger partial charge in [0, 0.05) is 5.56 Å². The molecule has 0 saturated carbocycles. The third-order valence-corrected chi connectivity index (χ3v) is 1.09. The third kappa shape index (κ3) is 1.47. The first kappa shape index (κ1) is 7.06. The molecule has 1 rings (SSSR count). The van der Waals surface area contributed by atoms with Crippen LogP contribution in [0.25, 0.3) is 6.08 Å². The second-order valence-corrected chi connectivity index (χ2v) is 2.40. The summed E-state index contributed by atoms with van der Waals surface area (Å²) in [6.45, 7) is 3.82. The van der Waals surface area contributed by atoms with Crippen molar-refractivity contribution in [2.45, 2.75) is 13.8 Å². The second-order valence-electron chi connectivity index (χ2n) is 2.40. The molecule has 1 nitrogen and oxygen atoms in total. The van der Waals surface area contributed by atoms with Crippen LogP contribution in [-0.2, 0) is 0 Å². The van der Waals surface area contributed by atoms with Crippen molar-refractivity contribution in [1.82, 2.24) is 0 Å². The minimum absolute atomic E-state index is 0.304. The SMILES string of the molecule is CC(C)=Cc1cocc1F. The topological polar surface area (TPSA) is 13.1 Å². The first-order valence-corrected chi connectivity index (χ1v) is 3.07. The van der Waals surface area contributed by atoms with Gasteiger partial charge in [-0.3, -0.25) is 0 Å². The van der Waals surface area contributed by atoms with Crippen LogP contribution in [0.3, 0.4) is 0 Å². The molecule has 0 bridgehead atoms. The average molecular weight is 140 g/mol. The molecular formula is C8H9FO. The fourth-order valence-corrected chi connectivity index (χ4v) is 0.705. The zero-order valence-corrected chi connectivity index (χ0v) is 6.02. The van der Waals surface area contributed by atoms with E-state index in [9.17, 15) is 4.39 Å². The van der Waals surface area contributed by atoms with Gasteiger partial charge in [-0.25, -0.2) is 4.39 Å². The molecule has 0 aliphatic rings. The maximum Gasteiger partial charge on any atom is 0.168 e. The van der Waals surface area contributed by atoms with Gasteiger partial charge in [-0.15, -0.1) is 0 Å². The van der Waals surface area contributed by atoms with Crippen molar-refractivity contribution < 1.29 is 8.81 Å².